The van der Waals surface area contributed by atoms with E-state index in [9.17, 15) is 8.42 Å². The molecule has 1 fully saturated rings. The van der Waals surface area contributed by atoms with E-state index in [1.54, 1.807) is 0 Å². The SMILES string of the molecule is CC(C)CCS(=O)(=O)C1(c2ccccc2)CCN(C)CC1.Cl. The molecule has 1 aliphatic heterocycles. The first kappa shape index (κ1) is 19.5. The summed E-state index contributed by atoms with van der Waals surface area (Å²) in [7, 11) is -1.08. The molecule has 1 heterocycles. The summed E-state index contributed by atoms with van der Waals surface area (Å²) in [4.78, 5) is 2.22. The topological polar surface area (TPSA) is 37.4 Å². The van der Waals surface area contributed by atoms with Gasteiger partial charge in [-0.05, 0) is 50.9 Å². The van der Waals surface area contributed by atoms with E-state index in [1.807, 2.05) is 30.3 Å². The van der Waals surface area contributed by atoms with Crippen molar-refractivity contribution < 1.29 is 8.42 Å². The van der Waals surface area contributed by atoms with Crippen molar-refractivity contribution in [3.05, 3.63) is 35.9 Å². The van der Waals surface area contributed by atoms with E-state index in [-0.39, 0.29) is 12.4 Å². The lowest BCUT2D eigenvalue weighted by molar-refractivity contribution is 0.232. The molecule has 0 aromatic heterocycles. The van der Waals surface area contributed by atoms with Crippen LogP contribution in [0.1, 0.15) is 38.7 Å². The number of rotatable bonds is 5. The van der Waals surface area contributed by atoms with Crippen molar-refractivity contribution in [1.29, 1.82) is 0 Å². The van der Waals surface area contributed by atoms with Gasteiger partial charge in [0, 0.05) is 0 Å². The van der Waals surface area contributed by atoms with Crippen LogP contribution >= 0.6 is 12.4 Å². The number of sulfone groups is 1. The molecule has 2 rings (SSSR count). The third-order valence-electron chi connectivity index (χ3n) is 4.65. The zero-order valence-corrected chi connectivity index (χ0v) is 15.4. The van der Waals surface area contributed by atoms with Crippen LogP contribution in [-0.4, -0.2) is 39.2 Å². The summed E-state index contributed by atoms with van der Waals surface area (Å²) in [6.45, 7) is 5.85. The van der Waals surface area contributed by atoms with Crippen molar-refractivity contribution in [2.24, 2.45) is 5.92 Å². The number of halogens is 1. The van der Waals surface area contributed by atoms with Gasteiger partial charge in [-0.3, -0.25) is 0 Å². The lowest BCUT2D eigenvalue weighted by atomic mass is 9.88. The minimum atomic E-state index is -3.14. The van der Waals surface area contributed by atoms with E-state index >= 15 is 0 Å². The predicted molar refractivity (Wildman–Crippen MR) is 95.3 cm³/mol. The lowest BCUT2D eigenvalue weighted by Gasteiger charge is -2.40. The molecule has 0 bridgehead atoms. The Morgan fingerprint density at radius 1 is 1.14 bits per heavy atom. The molecular weight excluding hydrogens is 318 g/mol. The third-order valence-corrected chi connectivity index (χ3v) is 7.26. The molecular formula is C17H28ClNO2S. The molecule has 0 spiro atoms. The Labute approximate surface area is 141 Å². The first-order chi connectivity index (χ1) is 9.87. The van der Waals surface area contributed by atoms with Crippen LogP contribution in [0.25, 0.3) is 0 Å². The first-order valence-corrected chi connectivity index (χ1v) is 9.49. The Bertz CT molecular complexity index is 549. The van der Waals surface area contributed by atoms with Crippen molar-refractivity contribution in [2.75, 3.05) is 25.9 Å². The first-order valence-electron chi connectivity index (χ1n) is 7.84. The van der Waals surface area contributed by atoms with Crippen molar-refractivity contribution in [3.63, 3.8) is 0 Å². The fraction of sp³-hybridized carbons (Fsp3) is 0.647. The van der Waals surface area contributed by atoms with Crippen LogP contribution in [0.15, 0.2) is 30.3 Å². The Balaban J connectivity index is 0.00000242. The Morgan fingerprint density at radius 2 is 1.68 bits per heavy atom. The van der Waals surface area contributed by atoms with Gasteiger partial charge in [-0.2, -0.15) is 0 Å². The maximum absolute atomic E-state index is 13.1. The maximum Gasteiger partial charge on any atom is 0.160 e. The summed E-state index contributed by atoms with van der Waals surface area (Å²) < 4.78 is 25.5. The number of nitrogens with zero attached hydrogens (tertiary/aromatic N) is 1. The van der Waals surface area contributed by atoms with Gasteiger partial charge in [0.2, 0.25) is 0 Å². The lowest BCUT2D eigenvalue weighted by Crippen LogP contribution is -2.47. The second-order valence-electron chi connectivity index (χ2n) is 6.66. The molecule has 1 saturated heterocycles. The molecule has 0 unspecified atom stereocenters. The van der Waals surface area contributed by atoms with Gasteiger partial charge >= 0.3 is 0 Å². The summed E-state index contributed by atoms with van der Waals surface area (Å²) in [5, 5.41) is 0. The van der Waals surface area contributed by atoms with Gasteiger partial charge in [0.1, 0.15) is 0 Å². The molecule has 0 amide bonds. The molecule has 5 heteroatoms. The van der Waals surface area contributed by atoms with Gasteiger partial charge in [-0.15, -0.1) is 12.4 Å². The van der Waals surface area contributed by atoms with Gasteiger partial charge in [-0.25, -0.2) is 8.42 Å². The standard InChI is InChI=1S/C17H27NO2S.ClH/c1-15(2)9-14-21(19,20)17(10-12-18(3)13-11-17)16-7-5-4-6-8-16;/h4-8,15H,9-14H2,1-3H3;1H. The van der Waals surface area contributed by atoms with Crippen LogP contribution < -0.4 is 0 Å². The zero-order chi connectivity index (χ0) is 15.5. The van der Waals surface area contributed by atoms with E-state index in [2.05, 4.69) is 25.8 Å². The van der Waals surface area contributed by atoms with Crippen LogP contribution in [0, 0.1) is 5.92 Å². The summed E-state index contributed by atoms with van der Waals surface area (Å²) in [6.07, 6.45) is 2.15. The van der Waals surface area contributed by atoms with E-state index in [0.29, 0.717) is 24.5 Å². The van der Waals surface area contributed by atoms with Gasteiger partial charge in [0.05, 0.1) is 10.5 Å². The molecule has 0 saturated carbocycles. The third kappa shape index (κ3) is 4.03. The second-order valence-corrected chi connectivity index (χ2v) is 9.08. The highest BCUT2D eigenvalue weighted by molar-refractivity contribution is 7.92. The summed E-state index contributed by atoms with van der Waals surface area (Å²) in [5.74, 6) is 0.711. The Morgan fingerprint density at radius 3 is 2.18 bits per heavy atom. The molecule has 0 N–H and O–H groups in total. The van der Waals surface area contributed by atoms with Crippen molar-refractivity contribution in [1.82, 2.24) is 4.90 Å². The molecule has 0 atom stereocenters. The van der Waals surface area contributed by atoms with Crippen LogP contribution in [0.3, 0.4) is 0 Å². The molecule has 0 aliphatic carbocycles. The fourth-order valence-corrected chi connectivity index (χ4v) is 5.56. The molecule has 22 heavy (non-hydrogen) atoms. The van der Waals surface area contributed by atoms with Crippen molar-refractivity contribution in [2.45, 2.75) is 37.9 Å². The number of hydrogen-bond acceptors (Lipinski definition) is 3. The van der Waals surface area contributed by atoms with Crippen LogP contribution in [-0.2, 0) is 14.6 Å². The van der Waals surface area contributed by atoms with E-state index in [4.69, 9.17) is 0 Å². The minimum Gasteiger partial charge on any atom is -0.306 e. The predicted octanol–water partition coefficient (Wildman–Crippen LogP) is 3.49. The highest BCUT2D eigenvalue weighted by Crippen LogP contribution is 2.41. The highest BCUT2D eigenvalue weighted by Gasteiger charge is 2.46. The van der Waals surface area contributed by atoms with Crippen molar-refractivity contribution >= 4 is 22.2 Å². The summed E-state index contributed by atoms with van der Waals surface area (Å²) in [5.41, 5.74) is 0.974. The van der Waals surface area contributed by atoms with Crippen LogP contribution in [0.4, 0.5) is 0 Å². The van der Waals surface area contributed by atoms with Crippen LogP contribution in [0.2, 0.25) is 0 Å². The van der Waals surface area contributed by atoms with E-state index in [0.717, 1.165) is 25.1 Å². The largest absolute Gasteiger partial charge is 0.306 e. The number of piperidine rings is 1. The number of benzene rings is 1. The molecule has 1 aromatic rings. The molecule has 0 radical (unpaired) electrons. The van der Waals surface area contributed by atoms with E-state index < -0.39 is 14.6 Å². The van der Waals surface area contributed by atoms with Crippen molar-refractivity contribution in [3.8, 4) is 0 Å². The molecule has 1 aliphatic rings. The average Bonchev–Trinajstić information content (AvgIpc) is 2.47. The van der Waals surface area contributed by atoms with E-state index in [1.165, 1.54) is 0 Å². The molecule has 1 aromatic carbocycles. The summed E-state index contributed by atoms with van der Waals surface area (Å²) >= 11 is 0. The Kier molecular flexibility index (Phi) is 6.90. The normalized spacial score (nSPS) is 18.9. The number of likely N-dealkylation sites (tertiary alicyclic amines) is 1. The number of hydrogen-bond donors (Lipinski definition) is 0. The zero-order valence-electron chi connectivity index (χ0n) is 13.8. The van der Waals surface area contributed by atoms with Gasteiger partial charge in [0.25, 0.3) is 0 Å². The van der Waals surface area contributed by atoms with Gasteiger partial charge < -0.3 is 4.90 Å². The van der Waals surface area contributed by atoms with Crippen LogP contribution in [0.5, 0.6) is 0 Å². The monoisotopic (exact) mass is 345 g/mol. The van der Waals surface area contributed by atoms with Gasteiger partial charge in [0.15, 0.2) is 9.84 Å². The highest BCUT2D eigenvalue weighted by atomic mass is 35.5. The maximum atomic E-state index is 13.1. The minimum absolute atomic E-state index is 0. The average molecular weight is 346 g/mol. The molecule has 3 nitrogen and oxygen atoms in total. The fourth-order valence-electron chi connectivity index (χ4n) is 3.09. The smallest absolute Gasteiger partial charge is 0.160 e. The second kappa shape index (κ2) is 7.80. The molecule has 126 valence electrons. The quantitative estimate of drug-likeness (QED) is 0.819. The van der Waals surface area contributed by atoms with Gasteiger partial charge in [-0.1, -0.05) is 44.2 Å². The Hall–Kier alpha value is -0.580. The summed E-state index contributed by atoms with van der Waals surface area (Å²) in [6, 6.07) is 9.82.